The molecule has 0 radical (unpaired) electrons. The fourth-order valence-corrected chi connectivity index (χ4v) is 1.17. The topological polar surface area (TPSA) is 114 Å². The van der Waals surface area contributed by atoms with Gasteiger partial charge in [0, 0.05) is 12.0 Å². The van der Waals surface area contributed by atoms with Gasteiger partial charge in [-0.3, -0.25) is 14.7 Å². The number of nitrogens with zero attached hydrogens (tertiary/aromatic N) is 2. The van der Waals surface area contributed by atoms with Crippen molar-refractivity contribution in [2.75, 3.05) is 6.54 Å². The average molecular weight is 267 g/mol. The van der Waals surface area contributed by atoms with E-state index >= 15 is 0 Å². The van der Waals surface area contributed by atoms with Crippen LogP contribution in [0.15, 0.2) is 0 Å². The maximum atomic E-state index is 11.8. The van der Waals surface area contributed by atoms with Crippen LogP contribution in [-0.4, -0.2) is 33.5 Å². The highest BCUT2D eigenvalue weighted by Crippen LogP contribution is 2.17. The third-order valence-electron chi connectivity index (χ3n) is 2.76. The van der Waals surface area contributed by atoms with Crippen LogP contribution >= 0.6 is 0 Å². The van der Waals surface area contributed by atoms with E-state index in [1.807, 2.05) is 20.8 Å². The van der Waals surface area contributed by atoms with Crippen molar-refractivity contribution in [3.05, 3.63) is 11.6 Å². The van der Waals surface area contributed by atoms with Gasteiger partial charge in [0.1, 0.15) is 5.82 Å². The monoisotopic (exact) mass is 267 g/mol. The van der Waals surface area contributed by atoms with Crippen molar-refractivity contribution in [1.29, 1.82) is 0 Å². The first kappa shape index (κ1) is 15.1. The Hall–Kier alpha value is -1.92. The van der Waals surface area contributed by atoms with E-state index in [0.29, 0.717) is 5.82 Å². The third-order valence-corrected chi connectivity index (χ3v) is 2.76. The maximum Gasteiger partial charge on any atom is 0.290 e. The van der Waals surface area contributed by atoms with E-state index in [2.05, 4.69) is 20.5 Å². The standard InChI is InChI=1S/C12H21N5O2/c1-11(2,3)10-15-7(16-17-10)8(18)14-6-12(4,5)9(13)19/h6H2,1-5H3,(H2,13,19)(H,14,18)(H,15,16,17). The minimum Gasteiger partial charge on any atom is -0.369 e. The van der Waals surface area contributed by atoms with Crippen molar-refractivity contribution in [3.63, 3.8) is 0 Å². The fraction of sp³-hybridized carbons (Fsp3) is 0.667. The van der Waals surface area contributed by atoms with Crippen molar-refractivity contribution in [2.45, 2.75) is 40.0 Å². The molecule has 0 aliphatic rings. The average Bonchev–Trinajstić information content (AvgIpc) is 2.74. The largest absolute Gasteiger partial charge is 0.369 e. The third kappa shape index (κ3) is 3.77. The molecule has 1 aromatic rings. The zero-order valence-corrected chi connectivity index (χ0v) is 12.0. The molecule has 0 atom stereocenters. The number of carbonyl (C=O) groups excluding carboxylic acids is 2. The molecular formula is C12H21N5O2. The molecular weight excluding hydrogens is 246 g/mol. The Bertz CT molecular complexity index is 485. The molecule has 7 heteroatoms. The zero-order valence-electron chi connectivity index (χ0n) is 12.0. The molecule has 0 aromatic carbocycles. The van der Waals surface area contributed by atoms with Gasteiger partial charge in [0.25, 0.3) is 5.91 Å². The number of nitrogens with one attached hydrogen (secondary N) is 2. The number of aromatic amines is 1. The van der Waals surface area contributed by atoms with Crippen molar-refractivity contribution in [1.82, 2.24) is 20.5 Å². The molecule has 106 valence electrons. The van der Waals surface area contributed by atoms with E-state index in [4.69, 9.17) is 5.73 Å². The summed E-state index contributed by atoms with van der Waals surface area (Å²) >= 11 is 0. The molecule has 0 spiro atoms. The molecule has 19 heavy (non-hydrogen) atoms. The predicted octanol–water partition coefficient (Wildman–Crippen LogP) is 0.344. The van der Waals surface area contributed by atoms with Gasteiger partial charge in [0.15, 0.2) is 0 Å². The Kier molecular flexibility index (Phi) is 3.97. The van der Waals surface area contributed by atoms with E-state index in [1.54, 1.807) is 13.8 Å². The molecule has 7 nitrogen and oxygen atoms in total. The fourth-order valence-electron chi connectivity index (χ4n) is 1.17. The molecule has 2 amide bonds. The lowest BCUT2D eigenvalue weighted by molar-refractivity contribution is -0.125. The summed E-state index contributed by atoms with van der Waals surface area (Å²) in [7, 11) is 0. The summed E-state index contributed by atoms with van der Waals surface area (Å²) in [6.07, 6.45) is 0. The highest BCUT2D eigenvalue weighted by Gasteiger charge is 2.27. The lowest BCUT2D eigenvalue weighted by Gasteiger charge is -2.20. The first-order valence-electron chi connectivity index (χ1n) is 6.05. The highest BCUT2D eigenvalue weighted by molar-refractivity contribution is 5.91. The Morgan fingerprint density at radius 1 is 1.26 bits per heavy atom. The van der Waals surface area contributed by atoms with Crippen molar-refractivity contribution < 1.29 is 9.59 Å². The predicted molar refractivity (Wildman–Crippen MR) is 70.4 cm³/mol. The molecule has 0 aliphatic carbocycles. The molecule has 0 bridgehead atoms. The van der Waals surface area contributed by atoms with Crippen LogP contribution in [0, 0.1) is 5.41 Å². The molecule has 0 saturated carbocycles. The van der Waals surface area contributed by atoms with Crippen LogP contribution in [0.1, 0.15) is 51.1 Å². The van der Waals surface area contributed by atoms with Crippen LogP contribution in [0.2, 0.25) is 0 Å². The van der Waals surface area contributed by atoms with Gasteiger partial charge in [0.2, 0.25) is 11.7 Å². The lowest BCUT2D eigenvalue weighted by atomic mass is 9.93. The van der Waals surface area contributed by atoms with Crippen LogP contribution in [0.25, 0.3) is 0 Å². The summed E-state index contributed by atoms with van der Waals surface area (Å²) in [4.78, 5) is 27.1. The first-order chi connectivity index (χ1) is 8.54. The van der Waals surface area contributed by atoms with Crippen LogP contribution in [0.3, 0.4) is 0 Å². The van der Waals surface area contributed by atoms with E-state index in [9.17, 15) is 9.59 Å². The minimum absolute atomic E-state index is 0.0604. The molecule has 1 rings (SSSR count). The van der Waals surface area contributed by atoms with Crippen molar-refractivity contribution >= 4 is 11.8 Å². The van der Waals surface area contributed by atoms with Crippen LogP contribution < -0.4 is 11.1 Å². The molecule has 4 N–H and O–H groups in total. The number of rotatable bonds is 4. The SMILES string of the molecule is CC(C)(CNC(=O)c1n[nH]c(C(C)(C)C)n1)C(N)=O. The van der Waals surface area contributed by atoms with Crippen molar-refractivity contribution in [3.8, 4) is 0 Å². The first-order valence-corrected chi connectivity index (χ1v) is 6.05. The number of hydrogen-bond acceptors (Lipinski definition) is 4. The molecule has 0 saturated heterocycles. The summed E-state index contributed by atoms with van der Waals surface area (Å²) in [5.41, 5.74) is 4.21. The van der Waals surface area contributed by atoms with Gasteiger partial charge in [0.05, 0.1) is 5.41 Å². The van der Waals surface area contributed by atoms with E-state index < -0.39 is 17.2 Å². The normalized spacial score (nSPS) is 12.3. The number of H-pyrrole nitrogens is 1. The van der Waals surface area contributed by atoms with Gasteiger partial charge in [-0.05, 0) is 13.8 Å². The summed E-state index contributed by atoms with van der Waals surface area (Å²) < 4.78 is 0. The summed E-state index contributed by atoms with van der Waals surface area (Å²) in [5, 5.41) is 9.20. The van der Waals surface area contributed by atoms with Gasteiger partial charge < -0.3 is 11.1 Å². The minimum atomic E-state index is -0.807. The van der Waals surface area contributed by atoms with Gasteiger partial charge in [-0.2, -0.15) is 0 Å². The van der Waals surface area contributed by atoms with Crippen molar-refractivity contribution in [2.24, 2.45) is 11.1 Å². The number of nitrogens with two attached hydrogens (primary N) is 1. The number of aromatic nitrogens is 3. The molecule has 1 heterocycles. The molecule has 1 aromatic heterocycles. The molecule has 0 aliphatic heterocycles. The van der Waals surface area contributed by atoms with E-state index in [0.717, 1.165) is 0 Å². The number of primary amides is 1. The highest BCUT2D eigenvalue weighted by atomic mass is 16.2. The second-order valence-corrected chi connectivity index (χ2v) is 6.19. The molecule has 0 fully saturated rings. The van der Waals surface area contributed by atoms with Crippen LogP contribution in [0.5, 0.6) is 0 Å². The number of hydrogen-bond donors (Lipinski definition) is 3. The number of amides is 2. The van der Waals surface area contributed by atoms with E-state index in [1.165, 1.54) is 0 Å². The van der Waals surface area contributed by atoms with Crippen LogP contribution in [-0.2, 0) is 10.2 Å². The Balaban J connectivity index is 2.70. The lowest BCUT2D eigenvalue weighted by Crippen LogP contribution is -2.42. The second kappa shape index (κ2) is 4.99. The Labute approximate surface area is 112 Å². The summed E-state index contributed by atoms with van der Waals surface area (Å²) in [5.74, 6) is -0.212. The number of carbonyl (C=O) groups is 2. The Morgan fingerprint density at radius 2 is 1.84 bits per heavy atom. The Morgan fingerprint density at radius 3 is 2.26 bits per heavy atom. The zero-order chi connectivity index (χ0) is 14.8. The van der Waals surface area contributed by atoms with Gasteiger partial charge in [-0.15, -0.1) is 5.10 Å². The van der Waals surface area contributed by atoms with Gasteiger partial charge in [-0.25, -0.2) is 4.98 Å². The van der Waals surface area contributed by atoms with Gasteiger partial charge >= 0.3 is 0 Å². The maximum absolute atomic E-state index is 11.8. The quantitative estimate of drug-likeness (QED) is 0.730. The van der Waals surface area contributed by atoms with E-state index in [-0.39, 0.29) is 17.8 Å². The summed E-state index contributed by atoms with van der Waals surface area (Å²) in [6, 6.07) is 0. The second-order valence-electron chi connectivity index (χ2n) is 6.19. The van der Waals surface area contributed by atoms with Gasteiger partial charge in [-0.1, -0.05) is 20.8 Å². The summed E-state index contributed by atoms with van der Waals surface area (Å²) in [6.45, 7) is 9.35. The smallest absolute Gasteiger partial charge is 0.290 e. The van der Waals surface area contributed by atoms with Crippen LogP contribution in [0.4, 0.5) is 0 Å². The molecule has 0 unspecified atom stereocenters.